The second-order valence-corrected chi connectivity index (χ2v) is 11.4. The number of aryl methyl sites for hydroxylation is 1. The van der Waals surface area contributed by atoms with E-state index in [0.717, 1.165) is 47.4 Å². The van der Waals surface area contributed by atoms with E-state index in [9.17, 15) is 14.7 Å². The van der Waals surface area contributed by atoms with Crippen LogP contribution in [0, 0.1) is 30.1 Å². The van der Waals surface area contributed by atoms with Crippen molar-refractivity contribution < 1.29 is 14.7 Å². The summed E-state index contributed by atoms with van der Waals surface area (Å²) < 4.78 is 0. The van der Waals surface area contributed by atoms with Gasteiger partial charge < -0.3 is 15.7 Å². The summed E-state index contributed by atoms with van der Waals surface area (Å²) in [4.78, 5) is 31.4. The molecular formula is C27H34N4O3. The number of fused-ring (bicyclic) bond motifs is 1. The second kappa shape index (κ2) is 8.22. The molecule has 1 saturated heterocycles. The molecule has 0 radical (unpaired) electrons. The number of amides is 2. The van der Waals surface area contributed by atoms with Crippen molar-refractivity contribution in [3.63, 3.8) is 0 Å². The van der Waals surface area contributed by atoms with Gasteiger partial charge in [0, 0.05) is 18.4 Å². The highest BCUT2D eigenvalue weighted by Gasteiger charge is 2.51. The third-order valence-corrected chi connectivity index (χ3v) is 8.88. The number of nitrogens with one attached hydrogen (secondary N) is 2. The molecule has 1 aromatic heterocycles. The Morgan fingerprint density at radius 1 is 1.12 bits per heavy atom. The van der Waals surface area contributed by atoms with Crippen LogP contribution in [-0.4, -0.2) is 41.2 Å². The summed E-state index contributed by atoms with van der Waals surface area (Å²) in [6.45, 7) is 3.44. The first-order chi connectivity index (χ1) is 16.4. The average molecular weight is 463 g/mol. The van der Waals surface area contributed by atoms with Gasteiger partial charge in [-0.25, -0.2) is 9.78 Å². The van der Waals surface area contributed by atoms with Gasteiger partial charge in [-0.05, 0) is 105 Å². The summed E-state index contributed by atoms with van der Waals surface area (Å²) in [7, 11) is 0. The van der Waals surface area contributed by atoms with Crippen molar-refractivity contribution >= 4 is 34.4 Å². The van der Waals surface area contributed by atoms with E-state index in [1.165, 1.54) is 43.4 Å². The number of carbonyl (C=O) groups is 2. The van der Waals surface area contributed by atoms with Crippen molar-refractivity contribution in [2.75, 3.05) is 23.3 Å². The topological polar surface area (TPSA) is 94.6 Å². The third-order valence-electron chi connectivity index (χ3n) is 8.88. The summed E-state index contributed by atoms with van der Waals surface area (Å²) in [5.74, 6) is 3.02. The first-order valence-corrected chi connectivity index (χ1v) is 12.8. The van der Waals surface area contributed by atoms with E-state index in [4.69, 9.17) is 4.98 Å². The predicted octanol–water partition coefficient (Wildman–Crippen LogP) is 4.93. The molecule has 7 heteroatoms. The predicted molar refractivity (Wildman–Crippen MR) is 132 cm³/mol. The molecule has 7 nitrogen and oxygen atoms in total. The highest BCUT2D eigenvalue weighted by Crippen LogP contribution is 2.61. The van der Waals surface area contributed by atoms with Crippen LogP contribution in [0.4, 0.5) is 16.3 Å². The van der Waals surface area contributed by atoms with Gasteiger partial charge in [-0.15, -0.1) is 0 Å². The Kier molecular flexibility index (Phi) is 5.28. The van der Waals surface area contributed by atoms with Crippen molar-refractivity contribution in [1.82, 2.24) is 10.3 Å². The van der Waals surface area contributed by atoms with Gasteiger partial charge >= 0.3 is 6.09 Å². The van der Waals surface area contributed by atoms with Crippen molar-refractivity contribution in [2.24, 2.45) is 23.2 Å². The van der Waals surface area contributed by atoms with E-state index in [0.29, 0.717) is 24.3 Å². The maximum Gasteiger partial charge on any atom is 0.413 e. The van der Waals surface area contributed by atoms with Crippen LogP contribution in [-0.2, 0) is 4.79 Å². The Labute approximate surface area is 200 Å². The Morgan fingerprint density at radius 2 is 1.82 bits per heavy atom. The lowest BCUT2D eigenvalue weighted by atomic mass is 9.49. The number of carbonyl (C=O) groups excluding carboxylic acids is 1. The van der Waals surface area contributed by atoms with Crippen molar-refractivity contribution in [1.29, 1.82) is 0 Å². The normalized spacial score (nSPS) is 31.7. The maximum atomic E-state index is 13.3. The fourth-order valence-corrected chi connectivity index (χ4v) is 7.93. The zero-order valence-electron chi connectivity index (χ0n) is 19.8. The largest absolute Gasteiger partial charge is 0.465 e. The number of carboxylic acid groups (broad SMARTS) is 1. The fourth-order valence-electron chi connectivity index (χ4n) is 7.93. The average Bonchev–Trinajstić information content (AvgIpc) is 3.28. The molecule has 2 aromatic rings. The molecule has 4 bridgehead atoms. The standard InChI is InChI=1S/C27H34N4O3/c1-16-2-4-22-21(3-5-23(29-22)31(26(33)34)20-6-7-28-15-20)25(16)30-24(32)14-27-11-17-8-18(12-27)10-19(9-17)13-27/h2-5,17-20,28H,6-15H2,1H3,(H,30,32)(H,33,34). The Hall–Kier alpha value is -2.67. The summed E-state index contributed by atoms with van der Waals surface area (Å²) >= 11 is 0. The van der Waals surface area contributed by atoms with E-state index in [1.54, 1.807) is 6.07 Å². The number of hydrogen-bond acceptors (Lipinski definition) is 4. The number of aromatic nitrogens is 1. The lowest BCUT2D eigenvalue weighted by molar-refractivity contribution is -0.124. The second-order valence-electron chi connectivity index (χ2n) is 11.4. The minimum absolute atomic E-state index is 0.103. The quantitative estimate of drug-likeness (QED) is 0.585. The highest BCUT2D eigenvalue weighted by molar-refractivity contribution is 6.03. The van der Waals surface area contributed by atoms with Crippen molar-refractivity contribution in [3.8, 4) is 0 Å². The SMILES string of the molecule is Cc1ccc2nc(N(C(=O)O)C3CCNC3)ccc2c1NC(=O)CC12CC3CC(CC(C3)C1)C2. The molecular weight excluding hydrogens is 428 g/mol. The van der Waals surface area contributed by atoms with Crippen LogP contribution in [0.2, 0.25) is 0 Å². The Morgan fingerprint density at radius 3 is 2.44 bits per heavy atom. The van der Waals surface area contributed by atoms with Crippen LogP contribution in [0.15, 0.2) is 24.3 Å². The van der Waals surface area contributed by atoms with E-state index in [2.05, 4.69) is 10.6 Å². The molecule has 4 aliphatic carbocycles. The number of anilines is 2. The van der Waals surface area contributed by atoms with Gasteiger partial charge in [0.2, 0.25) is 5.91 Å². The van der Waals surface area contributed by atoms with E-state index in [1.807, 2.05) is 25.1 Å². The first-order valence-electron chi connectivity index (χ1n) is 12.8. The molecule has 4 saturated carbocycles. The number of hydrogen-bond donors (Lipinski definition) is 3. The molecule has 5 aliphatic rings. The van der Waals surface area contributed by atoms with Crippen LogP contribution in [0.1, 0.15) is 56.9 Å². The molecule has 3 N–H and O–H groups in total. The van der Waals surface area contributed by atoms with Gasteiger partial charge in [0.05, 0.1) is 17.2 Å². The summed E-state index contributed by atoms with van der Waals surface area (Å²) in [5.41, 5.74) is 2.69. The number of benzene rings is 1. The van der Waals surface area contributed by atoms with Gasteiger partial charge in [0.15, 0.2) is 0 Å². The molecule has 7 rings (SSSR count). The Bertz CT molecular complexity index is 1100. The van der Waals surface area contributed by atoms with E-state index < -0.39 is 6.09 Å². The molecule has 1 aliphatic heterocycles. The van der Waals surface area contributed by atoms with Gasteiger partial charge in [-0.2, -0.15) is 0 Å². The molecule has 180 valence electrons. The number of nitrogens with zero attached hydrogens (tertiary/aromatic N) is 2. The molecule has 2 amide bonds. The minimum Gasteiger partial charge on any atom is -0.465 e. The summed E-state index contributed by atoms with van der Waals surface area (Å²) in [5, 5.41) is 17.1. The van der Waals surface area contributed by atoms with Gasteiger partial charge in [-0.1, -0.05) is 6.07 Å². The van der Waals surface area contributed by atoms with Crippen LogP contribution in [0.5, 0.6) is 0 Å². The molecule has 0 spiro atoms. The number of rotatable bonds is 5. The minimum atomic E-state index is -0.989. The molecule has 1 aromatic carbocycles. The smallest absolute Gasteiger partial charge is 0.413 e. The van der Waals surface area contributed by atoms with Crippen molar-refractivity contribution in [3.05, 3.63) is 29.8 Å². The van der Waals surface area contributed by atoms with Crippen LogP contribution >= 0.6 is 0 Å². The van der Waals surface area contributed by atoms with Crippen LogP contribution < -0.4 is 15.5 Å². The van der Waals surface area contributed by atoms with Gasteiger partial charge in [-0.3, -0.25) is 9.69 Å². The molecule has 5 fully saturated rings. The zero-order chi connectivity index (χ0) is 23.4. The number of pyridine rings is 1. The van der Waals surface area contributed by atoms with E-state index in [-0.39, 0.29) is 17.4 Å². The van der Waals surface area contributed by atoms with Crippen LogP contribution in [0.3, 0.4) is 0 Å². The zero-order valence-corrected chi connectivity index (χ0v) is 19.8. The lowest BCUT2D eigenvalue weighted by Gasteiger charge is -2.56. The fraction of sp³-hybridized carbons (Fsp3) is 0.593. The molecule has 34 heavy (non-hydrogen) atoms. The highest BCUT2D eigenvalue weighted by atomic mass is 16.4. The monoisotopic (exact) mass is 462 g/mol. The molecule has 1 unspecified atom stereocenters. The van der Waals surface area contributed by atoms with Gasteiger partial charge in [0.1, 0.15) is 5.82 Å². The molecule has 2 heterocycles. The lowest BCUT2D eigenvalue weighted by Crippen LogP contribution is -2.47. The van der Waals surface area contributed by atoms with Crippen LogP contribution in [0.25, 0.3) is 10.9 Å². The van der Waals surface area contributed by atoms with E-state index >= 15 is 0 Å². The Balaban J connectivity index is 1.25. The maximum absolute atomic E-state index is 13.3. The third kappa shape index (κ3) is 3.84. The molecule has 1 atom stereocenters. The summed E-state index contributed by atoms with van der Waals surface area (Å²) in [6.07, 6.45) is 8.17. The first kappa shape index (κ1) is 21.8. The van der Waals surface area contributed by atoms with Crippen molar-refractivity contribution in [2.45, 2.75) is 64.3 Å². The van der Waals surface area contributed by atoms with Gasteiger partial charge in [0.25, 0.3) is 0 Å². The summed E-state index contributed by atoms with van der Waals surface area (Å²) in [6, 6.07) is 7.43.